The van der Waals surface area contributed by atoms with E-state index in [0.717, 1.165) is 12.8 Å². The van der Waals surface area contributed by atoms with E-state index in [1.807, 2.05) is 26.2 Å². The highest BCUT2D eigenvalue weighted by molar-refractivity contribution is 7.52. The molecule has 0 amide bonds. The molecule has 122 valence electrons. The molecule has 0 radical (unpaired) electrons. The maximum absolute atomic E-state index is 12.7. The van der Waals surface area contributed by atoms with Gasteiger partial charge in [0.2, 0.25) is 16.6 Å². The lowest BCUT2D eigenvalue weighted by atomic mass is 10.6. The van der Waals surface area contributed by atoms with Crippen LogP contribution in [0.1, 0.15) is 12.8 Å². The first-order valence-corrected chi connectivity index (χ1v) is 15.3. The second-order valence-corrected chi connectivity index (χ2v) is 17.1. The van der Waals surface area contributed by atoms with Gasteiger partial charge in [-0.2, -0.15) is 0 Å². The fourth-order valence-corrected chi connectivity index (χ4v) is 10.8. The van der Waals surface area contributed by atoms with Gasteiger partial charge in [-0.15, -0.1) is 23.2 Å². The van der Waals surface area contributed by atoms with Gasteiger partial charge in [-0.05, 0) is 55.6 Å². The first-order chi connectivity index (χ1) is 9.10. The van der Waals surface area contributed by atoms with Crippen molar-refractivity contribution >= 4 is 47.7 Å². The summed E-state index contributed by atoms with van der Waals surface area (Å²) in [6.45, 7) is 7.34. The van der Waals surface area contributed by atoms with Gasteiger partial charge >= 0.3 is 7.82 Å². The van der Waals surface area contributed by atoms with Gasteiger partial charge in [-0.3, -0.25) is 0 Å². The van der Waals surface area contributed by atoms with E-state index in [2.05, 4.69) is 4.73 Å². The molecule has 0 aliphatic rings. The topological polar surface area (TPSA) is 44.8 Å². The monoisotopic (exact) mass is 384 g/mol. The van der Waals surface area contributed by atoms with E-state index in [4.69, 9.17) is 31.6 Å². The van der Waals surface area contributed by atoms with Crippen LogP contribution in [0.4, 0.5) is 4.53 Å². The van der Waals surface area contributed by atoms with Crippen LogP contribution >= 0.6 is 31.0 Å². The van der Waals surface area contributed by atoms with Gasteiger partial charge in [0.1, 0.15) is 0 Å². The first-order valence-electron chi connectivity index (χ1n) is 6.53. The molecule has 0 fully saturated rings. The number of hydrogen-bond acceptors (Lipinski definition) is 4. The maximum atomic E-state index is 12.7. The van der Waals surface area contributed by atoms with E-state index in [1.54, 1.807) is 0 Å². The van der Waals surface area contributed by atoms with Gasteiger partial charge in [0.05, 0.1) is 0 Å². The van der Waals surface area contributed by atoms with Crippen molar-refractivity contribution in [2.75, 3.05) is 11.8 Å². The molecule has 0 aliphatic heterocycles. The molecule has 0 saturated heterocycles. The highest BCUT2D eigenvalue weighted by Crippen LogP contribution is 2.55. The summed E-state index contributed by atoms with van der Waals surface area (Å²) in [5, 5.41) is 0. The van der Waals surface area contributed by atoms with Gasteiger partial charge in [-0.1, -0.05) is 4.73 Å². The molecule has 0 aromatic rings. The molecule has 4 nitrogen and oxygen atoms in total. The van der Waals surface area contributed by atoms with Crippen molar-refractivity contribution in [1.29, 1.82) is 0 Å². The zero-order valence-corrected chi connectivity index (χ0v) is 16.9. The van der Waals surface area contributed by atoms with E-state index in [0.29, 0.717) is 23.8 Å². The van der Waals surface area contributed by atoms with Crippen molar-refractivity contribution in [3.05, 3.63) is 0 Å². The quantitative estimate of drug-likeness (QED) is 0.260. The van der Waals surface area contributed by atoms with Crippen LogP contribution < -0.4 is 0 Å². The summed E-state index contributed by atoms with van der Waals surface area (Å²) in [6, 6.07) is 1.33. The van der Waals surface area contributed by atoms with E-state index in [9.17, 15) is 9.09 Å². The van der Waals surface area contributed by atoms with Gasteiger partial charge < -0.3 is 8.43 Å². The fourth-order valence-electron chi connectivity index (χ4n) is 1.73. The highest BCUT2D eigenvalue weighted by Gasteiger charge is 2.42. The van der Waals surface area contributed by atoms with Crippen LogP contribution in [-0.2, 0) is 17.7 Å². The highest BCUT2D eigenvalue weighted by atomic mass is 35.5. The van der Waals surface area contributed by atoms with Crippen molar-refractivity contribution in [3.8, 4) is 0 Å². The molecule has 0 aliphatic carbocycles. The number of hydrogen-bond donors (Lipinski definition) is 0. The zero-order valence-electron chi connectivity index (χ0n) is 12.5. The van der Waals surface area contributed by atoms with Crippen molar-refractivity contribution in [1.82, 2.24) is 0 Å². The van der Waals surface area contributed by atoms with E-state index < -0.39 is 24.5 Å². The second kappa shape index (κ2) is 9.25. The largest absolute Gasteiger partial charge is 0.486 e. The molecule has 0 aromatic heterocycles. The Balaban J connectivity index is 4.72. The third-order valence-electron chi connectivity index (χ3n) is 2.63. The molecular weight excluding hydrogens is 361 g/mol. The number of halogens is 3. The maximum Gasteiger partial charge on any atom is 0.486 e. The summed E-state index contributed by atoms with van der Waals surface area (Å²) in [5.74, 6) is 0.967. The number of rotatable bonds is 11. The molecule has 0 rings (SSSR count). The van der Waals surface area contributed by atoms with Crippen molar-refractivity contribution in [2.24, 2.45) is 0 Å². The van der Waals surface area contributed by atoms with Gasteiger partial charge in [0.15, 0.2) is 0 Å². The van der Waals surface area contributed by atoms with Crippen LogP contribution in [0.5, 0.6) is 0 Å². The zero-order chi connectivity index (χ0) is 15.9. The minimum absolute atomic E-state index is 0.484. The molecule has 0 N–H and O–H groups in total. The van der Waals surface area contributed by atoms with Crippen LogP contribution in [0, 0.1) is 0 Å². The van der Waals surface area contributed by atoms with Gasteiger partial charge in [-0.25, -0.2) is 4.57 Å². The summed E-state index contributed by atoms with van der Waals surface area (Å²) in [5.41, 5.74) is 0. The summed E-state index contributed by atoms with van der Waals surface area (Å²) < 4.78 is 39.4. The standard InChI is InChI=1S/C10H24Cl2FO4PSi2/c1-19(2,9-5-7-11)16-18(14,15-13)17-20(3,4)10-6-8-12/h5-10H2,1-4H3. The minimum Gasteiger partial charge on any atom is -0.329 e. The van der Waals surface area contributed by atoms with Crippen LogP contribution in [-0.4, -0.2) is 28.4 Å². The first kappa shape index (κ1) is 21.1. The lowest BCUT2D eigenvalue weighted by molar-refractivity contribution is -0.0354. The summed E-state index contributed by atoms with van der Waals surface area (Å²) >= 11 is 11.3. The molecule has 0 spiro atoms. The molecule has 0 bridgehead atoms. The number of phosphoric acid groups is 1. The summed E-state index contributed by atoms with van der Waals surface area (Å²) in [4.78, 5) is 0. The molecule has 0 saturated carbocycles. The molecule has 0 heterocycles. The smallest absolute Gasteiger partial charge is 0.329 e. The van der Waals surface area contributed by atoms with Crippen molar-refractivity contribution in [2.45, 2.75) is 51.1 Å². The van der Waals surface area contributed by atoms with Crippen molar-refractivity contribution < 1.29 is 22.2 Å². The van der Waals surface area contributed by atoms with Gasteiger partial charge in [0, 0.05) is 11.8 Å². The predicted octanol–water partition coefficient (Wildman–Crippen LogP) is 5.70. The molecule has 0 atom stereocenters. The Kier molecular flexibility index (Phi) is 9.74. The predicted molar refractivity (Wildman–Crippen MR) is 87.2 cm³/mol. The SMILES string of the molecule is C[Si](C)(CCCCl)OP(=O)(OF)O[Si](C)(C)CCCCl. The Morgan fingerprint density at radius 2 is 1.30 bits per heavy atom. The number of alkyl halides is 2. The van der Waals surface area contributed by atoms with Crippen molar-refractivity contribution in [3.63, 3.8) is 0 Å². The third-order valence-corrected chi connectivity index (χ3v) is 12.2. The molecular formula is C10H24Cl2FO4PSi2. The Morgan fingerprint density at radius 1 is 0.950 bits per heavy atom. The van der Waals surface area contributed by atoms with Crippen LogP contribution in [0.25, 0.3) is 0 Å². The molecule has 20 heavy (non-hydrogen) atoms. The van der Waals surface area contributed by atoms with E-state index in [1.165, 1.54) is 0 Å². The summed E-state index contributed by atoms with van der Waals surface area (Å²) in [7, 11) is -8.86. The average Bonchev–Trinajstić information content (AvgIpc) is 2.32. The Bertz CT molecular complexity index is 308. The van der Waals surface area contributed by atoms with Gasteiger partial charge in [0.25, 0.3) is 0 Å². The lowest BCUT2D eigenvalue weighted by Crippen LogP contribution is -2.34. The molecule has 0 aromatic carbocycles. The Labute approximate surface area is 133 Å². The molecule has 10 heteroatoms. The van der Waals surface area contributed by atoms with E-state index >= 15 is 0 Å². The minimum atomic E-state index is -4.15. The third kappa shape index (κ3) is 9.15. The fraction of sp³-hybridized carbons (Fsp3) is 1.00. The lowest BCUT2D eigenvalue weighted by Gasteiger charge is -2.30. The van der Waals surface area contributed by atoms with E-state index in [-0.39, 0.29) is 0 Å². The van der Waals surface area contributed by atoms with Crippen LogP contribution in [0.3, 0.4) is 0 Å². The summed E-state index contributed by atoms with van der Waals surface area (Å²) in [6.07, 6.45) is 1.44. The normalized spacial score (nSPS) is 13.8. The average molecular weight is 385 g/mol. The Hall–Kier alpha value is 1.05. The second-order valence-electron chi connectivity index (χ2n) is 5.80. The Morgan fingerprint density at radius 3 is 1.55 bits per heavy atom. The van der Waals surface area contributed by atoms with Crippen LogP contribution in [0.15, 0.2) is 0 Å². The molecule has 0 unspecified atom stereocenters. The van der Waals surface area contributed by atoms with Crippen LogP contribution in [0.2, 0.25) is 38.3 Å².